The SMILES string of the molecule is O=C(C=NOCC(=O)NC1CCS(=O)(=O)C1)Nc1ccc(F)cc1F. The van der Waals surface area contributed by atoms with E-state index in [0.717, 1.165) is 12.1 Å². The molecular formula is C14H15F2N3O5S. The van der Waals surface area contributed by atoms with Crippen LogP contribution in [0.15, 0.2) is 23.4 Å². The number of anilines is 1. The minimum absolute atomic E-state index is 0.0249. The van der Waals surface area contributed by atoms with Crippen molar-refractivity contribution in [2.45, 2.75) is 12.5 Å². The van der Waals surface area contributed by atoms with E-state index in [4.69, 9.17) is 0 Å². The Morgan fingerprint density at radius 3 is 2.76 bits per heavy atom. The molecule has 1 aromatic rings. The Hall–Kier alpha value is -2.56. The van der Waals surface area contributed by atoms with E-state index in [1.54, 1.807) is 0 Å². The first kappa shape index (κ1) is 18.8. The minimum atomic E-state index is -3.11. The third kappa shape index (κ3) is 6.10. The zero-order valence-corrected chi connectivity index (χ0v) is 13.7. The van der Waals surface area contributed by atoms with Crippen molar-refractivity contribution in [3.05, 3.63) is 29.8 Å². The van der Waals surface area contributed by atoms with Gasteiger partial charge in [0.2, 0.25) is 0 Å². The van der Waals surface area contributed by atoms with Crippen molar-refractivity contribution in [3.8, 4) is 0 Å². The first-order chi connectivity index (χ1) is 11.7. The molecule has 1 aliphatic heterocycles. The van der Waals surface area contributed by atoms with Gasteiger partial charge in [-0.15, -0.1) is 0 Å². The molecule has 1 aromatic carbocycles. The Labute approximate surface area is 142 Å². The highest BCUT2D eigenvalue weighted by molar-refractivity contribution is 7.91. The molecule has 1 unspecified atom stereocenters. The van der Waals surface area contributed by atoms with Gasteiger partial charge in [-0.2, -0.15) is 0 Å². The number of amides is 2. The van der Waals surface area contributed by atoms with Crippen LogP contribution in [0.2, 0.25) is 0 Å². The van der Waals surface area contributed by atoms with Gasteiger partial charge in [-0.1, -0.05) is 5.16 Å². The van der Waals surface area contributed by atoms with Crippen LogP contribution in [-0.4, -0.2) is 50.6 Å². The van der Waals surface area contributed by atoms with Crippen LogP contribution >= 0.6 is 0 Å². The molecule has 1 saturated heterocycles. The number of sulfone groups is 1. The van der Waals surface area contributed by atoms with Gasteiger partial charge in [0.25, 0.3) is 11.8 Å². The van der Waals surface area contributed by atoms with Crippen molar-refractivity contribution >= 4 is 33.6 Å². The fourth-order valence-corrected chi connectivity index (χ4v) is 3.79. The van der Waals surface area contributed by atoms with Gasteiger partial charge in [0.05, 0.1) is 17.2 Å². The van der Waals surface area contributed by atoms with Crippen molar-refractivity contribution < 1.29 is 31.6 Å². The number of oxime groups is 1. The number of nitrogens with one attached hydrogen (secondary N) is 2. The minimum Gasteiger partial charge on any atom is -0.386 e. The van der Waals surface area contributed by atoms with Crippen molar-refractivity contribution in [1.29, 1.82) is 0 Å². The molecule has 1 aliphatic rings. The van der Waals surface area contributed by atoms with Crippen LogP contribution in [0.4, 0.5) is 14.5 Å². The standard InChI is InChI=1S/C14H15F2N3O5S/c15-9-1-2-12(11(16)5-9)19-13(20)6-17-24-7-14(21)18-10-3-4-25(22,23)8-10/h1-2,5-6,10H,3-4,7-8H2,(H,18,21)(H,19,20). The number of benzene rings is 1. The molecule has 11 heteroatoms. The Bertz CT molecular complexity index is 798. The van der Waals surface area contributed by atoms with Gasteiger partial charge in [-0.3, -0.25) is 9.59 Å². The van der Waals surface area contributed by atoms with E-state index in [9.17, 15) is 26.8 Å². The van der Waals surface area contributed by atoms with E-state index >= 15 is 0 Å². The summed E-state index contributed by atoms with van der Waals surface area (Å²) >= 11 is 0. The maximum atomic E-state index is 13.3. The molecular weight excluding hydrogens is 360 g/mol. The number of rotatable bonds is 6. The largest absolute Gasteiger partial charge is 0.386 e. The summed E-state index contributed by atoms with van der Waals surface area (Å²) in [4.78, 5) is 27.6. The lowest BCUT2D eigenvalue weighted by molar-refractivity contribution is -0.126. The molecule has 136 valence electrons. The molecule has 0 radical (unpaired) electrons. The normalized spacial score (nSPS) is 18.9. The molecule has 0 saturated carbocycles. The molecule has 1 heterocycles. The second-order valence-electron chi connectivity index (χ2n) is 5.29. The van der Waals surface area contributed by atoms with E-state index in [1.165, 1.54) is 0 Å². The highest BCUT2D eigenvalue weighted by Gasteiger charge is 2.28. The van der Waals surface area contributed by atoms with Gasteiger partial charge in [-0.05, 0) is 18.6 Å². The summed E-state index contributed by atoms with van der Waals surface area (Å²) < 4.78 is 48.6. The zero-order valence-electron chi connectivity index (χ0n) is 12.9. The molecule has 2 rings (SSSR count). The first-order valence-electron chi connectivity index (χ1n) is 7.16. The maximum Gasteiger partial charge on any atom is 0.270 e. The summed E-state index contributed by atoms with van der Waals surface area (Å²) in [6.07, 6.45) is 1.01. The topological polar surface area (TPSA) is 114 Å². The van der Waals surface area contributed by atoms with Crippen LogP contribution in [0.5, 0.6) is 0 Å². The van der Waals surface area contributed by atoms with Gasteiger partial charge in [0.15, 0.2) is 16.4 Å². The van der Waals surface area contributed by atoms with Gasteiger partial charge in [-0.25, -0.2) is 17.2 Å². The van der Waals surface area contributed by atoms with Crippen LogP contribution in [0.25, 0.3) is 0 Å². The number of hydrogen-bond acceptors (Lipinski definition) is 6. The third-order valence-corrected chi connectivity index (χ3v) is 4.99. The highest BCUT2D eigenvalue weighted by atomic mass is 32.2. The van der Waals surface area contributed by atoms with Crippen molar-refractivity contribution in [2.75, 3.05) is 23.4 Å². The summed E-state index contributed by atoms with van der Waals surface area (Å²) in [5, 5.41) is 7.83. The Kier molecular flexibility index (Phi) is 6.02. The molecule has 1 atom stereocenters. The summed E-state index contributed by atoms with van der Waals surface area (Å²) in [6, 6.07) is 2.16. The smallest absolute Gasteiger partial charge is 0.270 e. The van der Waals surface area contributed by atoms with E-state index in [1.807, 2.05) is 0 Å². The first-order valence-corrected chi connectivity index (χ1v) is 8.98. The van der Waals surface area contributed by atoms with Crippen molar-refractivity contribution in [3.63, 3.8) is 0 Å². The predicted molar refractivity (Wildman–Crippen MR) is 84.6 cm³/mol. The maximum absolute atomic E-state index is 13.3. The van der Waals surface area contributed by atoms with Crippen molar-refractivity contribution in [1.82, 2.24) is 5.32 Å². The van der Waals surface area contributed by atoms with E-state index in [-0.39, 0.29) is 17.2 Å². The average molecular weight is 375 g/mol. The van der Waals surface area contributed by atoms with Gasteiger partial charge in [0, 0.05) is 12.1 Å². The number of carbonyl (C=O) groups is 2. The fraction of sp³-hybridized carbons (Fsp3) is 0.357. The Balaban J connectivity index is 1.71. The van der Waals surface area contributed by atoms with Crippen LogP contribution in [-0.2, 0) is 24.3 Å². The highest BCUT2D eigenvalue weighted by Crippen LogP contribution is 2.14. The second-order valence-corrected chi connectivity index (χ2v) is 7.52. The zero-order chi connectivity index (χ0) is 18.4. The van der Waals surface area contributed by atoms with Crippen LogP contribution in [0.1, 0.15) is 6.42 Å². The molecule has 0 aromatic heterocycles. The van der Waals surface area contributed by atoms with Crippen LogP contribution in [0, 0.1) is 11.6 Å². The molecule has 2 amide bonds. The Morgan fingerprint density at radius 1 is 1.36 bits per heavy atom. The van der Waals surface area contributed by atoms with E-state index in [0.29, 0.717) is 18.7 Å². The lowest BCUT2D eigenvalue weighted by atomic mass is 10.2. The summed E-state index contributed by atoms with van der Waals surface area (Å²) in [5.41, 5.74) is -0.238. The number of halogens is 2. The molecule has 25 heavy (non-hydrogen) atoms. The molecule has 1 fully saturated rings. The quantitative estimate of drug-likeness (QED) is 0.545. The summed E-state index contributed by atoms with van der Waals surface area (Å²) in [6.45, 7) is -0.509. The number of nitrogens with zero attached hydrogens (tertiary/aromatic N) is 1. The Morgan fingerprint density at radius 2 is 2.12 bits per heavy atom. The monoisotopic (exact) mass is 375 g/mol. The van der Waals surface area contributed by atoms with Crippen molar-refractivity contribution in [2.24, 2.45) is 5.16 Å². The molecule has 0 aliphatic carbocycles. The molecule has 0 bridgehead atoms. The van der Waals surface area contributed by atoms with Crippen LogP contribution in [0.3, 0.4) is 0 Å². The average Bonchev–Trinajstić information content (AvgIpc) is 2.85. The predicted octanol–water partition coefficient (Wildman–Crippen LogP) is 0.209. The summed E-state index contributed by atoms with van der Waals surface area (Å²) in [7, 11) is -3.11. The van der Waals surface area contributed by atoms with Crippen LogP contribution < -0.4 is 10.6 Å². The molecule has 8 nitrogen and oxygen atoms in total. The second kappa shape index (κ2) is 8.01. The van der Waals surface area contributed by atoms with E-state index < -0.39 is 45.9 Å². The fourth-order valence-electron chi connectivity index (χ4n) is 2.12. The molecule has 2 N–H and O–H groups in total. The van der Waals surface area contributed by atoms with E-state index in [2.05, 4.69) is 20.6 Å². The van der Waals surface area contributed by atoms with Gasteiger partial charge >= 0.3 is 0 Å². The summed E-state index contributed by atoms with van der Waals surface area (Å²) in [5.74, 6) is -3.25. The number of carbonyl (C=O) groups excluding carboxylic acids is 2. The third-order valence-electron chi connectivity index (χ3n) is 3.23. The molecule has 0 spiro atoms. The lowest BCUT2D eigenvalue weighted by Gasteiger charge is -2.09. The van der Waals surface area contributed by atoms with Gasteiger partial charge < -0.3 is 15.5 Å². The lowest BCUT2D eigenvalue weighted by Crippen LogP contribution is -2.37. The van der Waals surface area contributed by atoms with Gasteiger partial charge in [0.1, 0.15) is 17.8 Å². The number of hydrogen-bond donors (Lipinski definition) is 2.